The van der Waals surface area contributed by atoms with Gasteiger partial charge in [-0.3, -0.25) is 14.8 Å². The number of aryl methyl sites for hydroxylation is 1. The van der Waals surface area contributed by atoms with E-state index in [0.29, 0.717) is 24.9 Å². The maximum atomic E-state index is 12.0. The highest BCUT2D eigenvalue weighted by Gasteiger charge is 2.04. The van der Waals surface area contributed by atoms with Gasteiger partial charge in [0, 0.05) is 37.1 Å². The maximum Gasteiger partial charge on any atom is 0.220 e. The molecule has 1 amide bonds. The molecule has 0 bridgehead atoms. The number of rotatable bonds is 6. The number of benzene rings is 1. The molecule has 0 aliphatic rings. The van der Waals surface area contributed by atoms with Gasteiger partial charge < -0.3 is 5.32 Å². The molecule has 5 nitrogen and oxygen atoms in total. The minimum Gasteiger partial charge on any atom is -0.352 e. The molecule has 3 aromatic rings. The molecule has 0 aliphatic heterocycles. The van der Waals surface area contributed by atoms with Crippen molar-refractivity contribution in [2.24, 2.45) is 0 Å². The Labute approximate surface area is 152 Å². The number of carbonyl (C=O) groups is 1. The molecule has 0 spiro atoms. The molecule has 26 heavy (non-hydrogen) atoms. The third-order valence-corrected chi connectivity index (χ3v) is 4.00. The molecule has 5 heteroatoms. The first-order valence-corrected chi connectivity index (χ1v) is 8.35. The minimum absolute atomic E-state index is 0.00862. The van der Waals surface area contributed by atoms with E-state index in [1.807, 2.05) is 36.4 Å². The molecule has 0 radical (unpaired) electrons. The topological polar surface area (TPSA) is 78.7 Å². The van der Waals surface area contributed by atoms with Gasteiger partial charge in [-0.1, -0.05) is 18.2 Å². The molecule has 1 N–H and O–H groups in total. The van der Waals surface area contributed by atoms with Crippen LogP contribution in [0.1, 0.15) is 23.1 Å². The molecule has 3 rings (SSSR count). The lowest BCUT2D eigenvalue weighted by Crippen LogP contribution is -2.23. The largest absolute Gasteiger partial charge is 0.352 e. The van der Waals surface area contributed by atoms with Crippen molar-refractivity contribution in [3.8, 4) is 17.3 Å². The Morgan fingerprint density at radius 1 is 1.04 bits per heavy atom. The molecule has 2 aromatic heterocycles. The molecule has 0 aliphatic carbocycles. The highest BCUT2D eigenvalue weighted by Crippen LogP contribution is 2.15. The van der Waals surface area contributed by atoms with Crippen LogP contribution in [0, 0.1) is 11.3 Å². The number of hydrogen-bond donors (Lipinski definition) is 1. The van der Waals surface area contributed by atoms with Gasteiger partial charge in [-0.2, -0.15) is 5.26 Å². The smallest absolute Gasteiger partial charge is 0.220 e. The Balaban J connectivity index is 1.47. The molecule has 0 unspecified atom stereocenters. The van der Waals surface area contributed by atoms with Gasteiger partial charge in [-0.05, 0) is 47.9 Å². The molecule has 0 fully saturated rings. The molecular formula is C21H18N4O. The SMILES string of the molecule is N#Cc1ccc(CCC(=O)NCc2ccc(-c3cccnc3)nc2)cc1. The van der Waals surface area contributed by atoms with E-state index in [1.165, 1.54) is 0 Å². The van der Waals surface area contributed by atoms with Gasteiger partial charge in [-0.25, -0.2) is 0 Å². The molecular weight excluding hydrogens is 324 g/mol. The molecule has 2 heterocycles. The molecule has 1 aromatic carbocycles. The van der Waals surface area contributed by atoms with Crippen molar-refractivity contribution in [2.45, 2.75) is 19.4 Å². The second-order valence-electron chi connectivity index (χ2n) is 5.88. The predicted octanol–water partition coefficient (Wildman–Crippen LogP) is 3.26. The van der Waals surface area contributed by atoms with E-state index in [-0.39, 0.29) is 5.91 Å². The number of pyridine rings is 2. The quantitative estimate of drug-likeness (QED) is 0.746. The van der Waals surface area contributed by atoms with Gasteiger partial charge in [0.1, 0.15) is 0 Å². The average molecular weight is 342 g/mol. The molecule has 0 saturated carbocycles. The first-order valence-electron chi connectivity index (χ1n) is 8.35. The highest BCUT2D eigenvalue weighted by molar-refractivity contribution is 5.76. The van der Waals surface area contributed by atoms with Gasteiger partial charge in [0.15, 0.2) is 0 Å². The van der Waals surface area contributed by atoms with Crippen molar-refractivity contribution in [1.29, 1.82) is 5.26 Å². The maximum absolute atomic E-state index is 12.0. The average Bonchev–Trinajstić information content (AvgIpc) is 2.72. The summed E-state index contributed by atoms with van der Waals surface area (Å²) in [5.41, 5.74) is 4.44. The van der Waals surface area contributed by atoms with E-state index in [4.69, 9.17) is 5.26 Å². The fourth-order valence-electron chi connectivity index (χ4n) is 2.51. The monoisotopic (exact) mass is 342 g/mol. The van der Waals surface area contributed by atoms with Crippen molar-refractivity contribution in [3.05, 3.63) is 83.8 Å². The van der Waals surface area contributed by atoms with Crippen LogP contribution < -0.4 is 5.32 Å². The summed E-state index contributed by atoms with van der Waals surface area (Å²) in [6.07, 6.45) is 6.32. The van der Waals surface area contributed by atoms with Crippen LogP contribution in [0.4, 0.5) is 0 Å². The van der Waals surface area contributed by atoms with Gasteiger partial charge in [-0.15, -0.1) is 0 Å². The van der Waals surface area contributed by atoms with Crippen molar-refractivity contribution >= 4 is 5.91 Å². The fourth-order valence-corrected chi connectivity index (χ4v) is 2.51. The Hall–Kier alpha value is -3.52. The van der Waals surface area contributed by atoms with Gasteiger partial charge in [0.2, 0.25) is 5.91 Å². The minimum atomic E-state index is -0.00862. The number of carbonyl (C=O) groups excluding carboxylic acids is 1. The number of aromatic nitrogens is 2. The summed E-state index contributed by atoms with van der Waals surface area (Å²) in [4.78, 5) is 20.5. The van der Waals surface area contributed by atoms with E-state index in [0.717, 1.165) is 22.4 Å². The Kier molecular flexibility index (Phi) is 5.69. The van der Waals surface area contributed by atoms with E-state index < -0.39 is 0 Å². The van der Waals surface area contributed by atoms with Crippen LogP contribution in [-0.4, -0.2) is 15.9 Å². The second kappa shape index (κ2) is 8.54. The first kappa shape index (κ1) is 17.3. The fraction of sp³-hybridized carbons (Fsp3) is 0.143. The van der Waals surface area contributed by atoms with Crippen molar-refractivity contribution in [1.82, 2.24) is 15.3 Å². The van der Waals surface area contributed by atoms with E-state index in [2.05, 4.69) is 21.4 Å². The van der Waals surface area contributed by atoms with Crippen LogP contribution in [0.5, 0.6) is 0 Å². The molecule has 0 atom stereocenters. The molecule has 0 saturated heterocycles. The van der Waals surface area contributed by atoms with Crippen LogP contribution in [-0.2, 0) is 17.8 Å². The Bertz CT molecular complexity index is 897. The van der Waals surface area contributed by atoms with Gasteiger partial charge >= 0.3 is 0 Å². The number of hydrogen-bond acceptors (Lipinski definition) is 4. The van der Waals surface area contributed by atoms with E-state index in [9.17, 15) is 4.79 Å². The third-order valence-electron chi connectivity index (χ3n) is 4.00. The summed E-state index contributed by atoms with van der Waals surface area (Å²) in [6, 6.07) is 17.1. The summed E-state index contributed by atoms with van der Waals surface area (Å²) in [7, 11) is 0. The van der Waals surface area contributed by atoms with Crippen molar-refractivity contribution in [3.63, 3.8) is 0 Å². The number of nitrogens with zero attached hydrogens (tertiary/aromatic N) is 3. The standard InChI is InChI=1S/C21H18N4O/c22-12-17-5-3-16(4-6-17)8-10-21(26)25-14-18-7-9-20(24-13-18)19-2-1-11-23-15-19/h1-7,9,11,13,15H,8,10,14H2,(H,25,26). The number of nitrogens with one attached hydrogen (secondary N) is 1. The Morgan fingerprint density at radius 3 is 2.50 bits per heavy atom. The lowest BCUT2D eigenvalue weighted by Gasteiger charge is -2.06. The lowest BCUT2D eigenvalue weighted by atomic mass is 10.1. The number of amides is 1. The van der Waals surface area contributed by atoms with Crippen molar-refractivity contribution in [2.75, 3.05) is 0 Å². The van der Waals surface area contributed by atoms with Crippen LogP contribution in [0.15, 0.2) is 67.1 Å². The summed E-state index contributed by atoms with van der Waals surface area (Å²) in [5.74, 6) is -0.00862. The van der Waals surface area contributed by atoms with E-state index in [1.54, 1.807) is 30.7 Å². The number of nitriles is 1. The van der Waals surface area contributed by atoms with Crippen LogP contribution in [0.25, 0.3) is 11.3 Å². The summed E-state index contributed by atoms with van der Waals surface area (Å²) in [6.45, 7) is 0.451. The third kappa shape index (κ3) is 4.74. The van der Waals surface area contributed by atoms with Crippen LogP contribution >= 0.6 is 0 Å². The highest BCUT2D eigenvalue weighted by atomic mass is 16.1. The molecule has 128 valence electrons. The van der Waals surface area contributed by atoms with Crippen LogP contribution in [0.2, 0.25) is 0 Å². The summed E-state index contributed by atoms with van der Waals surface area (Å²) < 4.78 is 0. The zero-order chi connectivity index (χ0) is 18.2. The van der Waals surface area contributed by atoms with E-state index >= 15 is 0 Å². The summed E-state index contributed by atoms with van der Waals surface area (Å²) >= 11 is 0. The normalized spacial score (nSPS) is 10.1. The van der Waals surface area contributed by atoms with Crippen LogP contribution in [0.3, 0.4) is 0 Å². The summed E-state index contributed by atoms with van der Waals surface area (Å²) in [5, 5.41) is 11.7. The van der Waals surface area contributed by atoms with Gasteiger partial charge in [0.25, 0.3) is 0 Å². The van der Waals surface area contributed by atoms with Gasteiger partial charge in [0.05, 0.1) is 17.3 Å². The zero-order valence-electron chi connectivity index (χ0n) is 14.2. The zero-order valence-corrected chi connectivity index (χ0v) is 14.2. The first-order chi connectivity index (χ1) is 12.7. The Morgan fingerprint density at radius 2 is 1.85 bits per heavy atom. The van der Waals surface area contributed by atoms with Crippen molar-refractivity contribution < 1.29 is 4.79 Å². The predicted molar refractivity (Wildman–Crippen MR) is 98.8 cm³/mol. The lowest BCUT2D eigenvalue weighted by molar-refractivity contribution is -0.121. The second-order valence-corrected chi connectivity index (χ2v) is 5.88.